The fourth-order valence-corrected chi connectivity index (χ4v) is 1.41. The van der Waals surface area contributed by atoms with E-state index in [1.807, 2.05) is 0 Å². The van der Waals surface area contributed by atoms with Gasteiger partial charge >= 0.3 is 6.18 Å². The molecule has 16 heavy (non-hydrogen) atoms. The van der Waals surface area contributed by atoms with Crippen LogP contribution in [0.1, 0.15) is 11.1 Å². The van der Waals surface area contributed by atoms with Crippen molar-refractivity contribution in [2.75, 3.05) is 11.2 Å². The Hall–Kier alpha value is -1.08. The van der Waals surface area contributed by atoms with Crippen LogP contribution in [0, 0.1) is 6.92 Å². The minimum atomic E-state index is -4.41. The van der Waals surface area contributed by atoms with Gasteiger partial charge in [-0.25, -0.2) is 4.21 Å². The summed E-state index contributed by atoms with van der Waals surface area (Å²) in [5.41, 5.74) is -0.00000268. The highest BCUT2D eigenvalue weighted by Gasteiger charge is 2.30. The maximum atomic E-state index is 12.4. The summed E-state index contributed by atoms with van der Waals surface area (Å²) in [5, 5.41) is 2.47. The van der Waals surface area contributed by atoms with E-state index in [1.165, 1.54) is 6.07 Å². The summed E-state index contributed by atoms with van der Waals surface area (Å²) < 4.78 is 56.0. The monoisotopic (exact) mass is 253 g/mol. The number of nitrogens with one attached hydrogen (secondary N) is 1. The Balaban J connectivity index is 2.95. The highest BCUT2D eigenvalue weighted by molar-refractivity contribution is 7.79. The van der Waals surface area contributed by atoms with Crippen LogP contribution in [-0.2, 0) is 17.3 Å². The van der Waals surface area contributed by atoms with Crippen molar-refractivity contribution in [3.05, 3.63) is 29.3 Å². The summed E-state index contributed by atoms with van der Waals surface area (Å²) >= 11 is -2.09. The molecular weight excluding hydrogens is 243 g/mol. The Labute approximate surface area is 93.0 Å². The lowest BCUT2D eigenvalue weighted by Crippen LogP contribution is -2.10. The topological polar surface area (TPSA) is 49.3 Å². The molecule has 0 heterocycles. The van der Waals surface area contributed by atoms with E-state index in [4.69, 9.17) is 4.55 Å². The average molecular weight is 253 g/mol. The number of hydrogen-bond donors (Lipinski definition) is 2. The van der Waals surface area contributed by atoms with Gasteiger partial charge in [0.2, 0.25) is 0 Å². The van der Waals surface area contributed by atoms with E-state index in [0.717, 1.165) is 12.1 Å². The summed E-state index contributed by atoms with van der Waals surface area (Å²) in [6.07, 6.45) is -4.41. The standard InChI is InChI=1S/C9H10F3NO2S/c1-6-2-3-7(9(10,11)12)4-8(6)13-5-16(14)15/h2-4,13H,5H2,1H3,(H,14,15). The fourth-order valence-electron chi connectivity index (χ4n) is 1.13. The number of alkyl halides is 3. The maximum Gasteiger partial charge on any atom is 0.416 e. The van der Waals surface area contributed by atoms with E-state index in [-0.39, 0.29) is 11.6 Å². The molecule has 90 valence electrons. The van der Waals surface area contributed by atoms with Gasteiger partial charge in [-0.1, -0.05) is 6.07 Å². The zero-order valence-corrected chi connectivity index (χ0v) is 9.15. The number of halogens is 3. The molecule has 7 heteroatoms. The van der Waals surface area contributed by atoms with Crippen LogP contribution in [0.3, 0.4) is 0 Å². The SMILES string of the molecule is Cc1ccc(C(F)(F)F)cc1NCS(=O)O. The molecular formula is C9H10F3NO2S. The lowest BCUT2D eigenvalue weighted by atomic mass is 10.1. The van der Waals surface area contributed by atoms with Gasteiger partial charge < -0.3 is 9.87 Å². The van der Waals surface area contributed by atoms with E-state index >= 15 is 0 Å². The molecule has 0 spiro atoms. The highest BCUT2D eigenvalue weighted by atomic mass is 32.2. The van der Waals surface area contributed by atoms with Gasteiger partial charge in [-0.3, -0.25) is 0 Å². The van der Waals surface area contributed by atoms with Crippen molar-refractivity contribution in [3.8, 4) is 0 Å². The van der Waals surface area contributed by atoms with Gasteiger partial charge in [0, 0.05) is 5.69 Å². The number of benzene rings is 1. The quantitative estimate of drug-likeness (QED) is 0.814. The molecule has 1 aromatic rings. The molecule has 1 unspecified atom stereocenters. The molecule has 1 aromatic carbocycles. The maximum absolute atomic E-state index is 12.4. The normalized spacial score (nSPS) is 13.6. The first-order chi connectivity index (χ1) is 7.30. The first-order valence-electron chi connectivity index (χ1n) is 4.30. The second-order valence-electron chi connectivity index (χ2n) is 3.17. The molecule has 0 saturated heterocycles. The molecule has 0 aliphatic carbocycles. The van der Waals surface area contributed by atoms with Crippen LogP contribution in [0.4, 0.5) is 18.9 Å². The van der Waals surface area contributed by atoms with E-state index in [0.29, 0.717) is 5.56 Å². The molecule has 0 amide bonds. The van der Waals surface area contributed by atoms with Gasteiger partial charge in [-0.05, 0) is 24.6 Å². The third kappa shape index (κ3) is 3.49. The van der Waals surface area contributed by atoms with Crippen LogP contribution < -0.4 is 5.32 Å². The van der Waals surface area contributed by atoms with E-state index in [2.05, 4.69) is 5.32 Å². The van der Waals surface area contributed by atoms with Crippen molar-refractivity contribution in [1.29, 1.82) is 0 Å². The second-order valence-corrected chi connectivity index (χ2v) is 4.10. The van der Waals surface area contributed by atoms with Gasteiger partial charge in [0.05, 0.1) is 5.56 Å². The van der Waals surface area contributed by atoms with Crippen molar-refractivity contribution in [1.82, 2.24) is 0 Å². The van der Waals surface area contributed by atoms with Crippen molar-refractivity contribution in [2.24, 2.45) is 0 Å². The molecule has 3 nitrogen and oxygen atoms in total. The lowest BCUT2D eigenvalue weighted by Gasteiger charge is -2.12. The highest BCUT2D eigenvalue weighted by Crippen LogP contribution is 2.31. The summed E-state index contributed by atoms with van der Waals surface area (Å²) in [6, 6.07) is 3.20. The van der Waals surface area contributed by atoms with Crippen LogP contribution in [0.5, 0.6) is 0 Å². The molecule has 0 aliphatic rings. The predicted octanol–water partition coefficient (Wildman–Crippen LogP) is 2.60. The minimum Gasteiger partial charge on any atom is -0.371 e. The van der Waals surface area contributed by atoms with Gasteiger partial charge in [-0.2, -0.15) is 13.2 Å². The van der Waals surface area contributed by atoms with Gasteiger partial charge in [0.15, 0.2) is 11.1 Å². The summed E-state index contributed by atoms with van der Waals surface area (Å²) in [4.78, 5) is 0. The molecule has 0 aliphatic heterocycles. The molecule has 2 N–H and O–H groups in total. The fraction of sp³-hybridized carbons (Fsp3) is 0.333. The molecule has 1 atom stereocenters. The molecule has 0 radical (unpaired) electrons. The zero-order valence-electron chi connectivity index (χ0n) is 8.34. The number of aryl methyl sites for hydroxylation is 1. The minimum absolute atomic E-state index is 0.206. The third-order valence-corrected chi connectivity index (χ3v) is 2.34. The van der Waals surface area contributed by atoms with Crippen LogP contribution >= 0.6 is 0 Å². The van der Waals surface area contributed by atoms with Crippen molar-refractivity contribution in [3.63, 3.8) is 0 Å². The van der Waals surface area contributed by atoms with Crippen LogP contribution in [-0.4, -0.2) is 14.6 Å². The molecule has 0 fully saturated rings. The Morgan fingerprint density at radius 1 is 1.44 bits per heavy atom. The molecule has 0 bridgehead atoms. The largest absolute Gasteiger partial charge is 0.416 e. The van der Waals surface area contributed by atoms with Gasteiger partial charge in [0.1, 0.15) is 5.88 Å². The van der Waals surface area contributed by atoms with Crippen LogP contribution in [0.15, 0.2) is 18.2 Å². The first-order valence-corrected chi connectivity index (χ1v) is 5.57. The van der Waals surface area contributed by atoms with E-state index < -0.39 is 22.8 Å². The second kappa shape index (κ2) is 4.84. The summed E-state index contributed by atoms with van der Waals surface area (Å²) in [7, 11) is 0. The summed E-state index contributed by atoms with van der Waals surface area (Å²) in [5.74, 6) is -0.303. The van der Waals surface area contributed by atoms with E-state index in [9.17, 15) is 17.4 Å². The average Bonchev–Trinajstić information content (AvgIpc) is 2.14. The number of rotatable bonds is 3. The zero-order chi connectivity index (χ0) is 12.3. The summed E-state index contributed by atoms with van der Waals surface area (Å²) in [6.45, 7) is 1.61. The molecule has 0 saturated carbocycles. The smallest absolute Gasteiger partial charge is 0.371 e. The van der Waals surface area contributed by atoms with Crippen molar-refractivity contribution >= 4 is 16.8 Å². The Morgan fingerprint density at radius 3 is 2.56 bits per heavy atom. The lowest BCUT2D eigenvalue weighted by molar-refractivity contribution is -0.137. The third-order valence-electron chi connectivity index (χ3n) is 1.95. The predicted molar refractivity (Wildman–Crippen MR) is 55.4 cm³/mol. The first kappa shape index (κ1) is 13.0. The Morgan fingerprint density at radius 2 is 2.06 bits per heavy atom. The van der Waals surface area contributed by atoms with Crippen LogP contribution in [0.2, 0.25) is 0 Å². The van der Waals surface area contributed by atoms with E-state index in [1.54, 1.807) is 6.92 Å². The molecule has 1 rings (SSSR count). The Kier molecular flexibility index (Phi) is 3.93. The number of hydrogen-bond acceptors (Lipinski definition) is 2. The Bertz CT molecular complexity index is 406. The van der Waals surface area contributed by atoms with Crippen molar-refractivity contribution in [2.45, 2.75) is 13.1 Å². The number of anilines is 1. The van der Waals surface area contributed by atoms with Crippen molar-refractivity contribution < 1.29 is 21.9 Å². The van der Waals surface area contributed by atoms with Gasteiger partial charge in [0.25, 0.3) is 0 Å². The molecule has 0 aromatic heterocycles. The van der Waals surface area contributed by atoms with Gasteiger partial charge in [-0.15, -0.1) is 0 Å². The van der Waals surface area contributed by atoms with Crippen LogP contribution in [0.25, 0.3) is 0 Å².